The van der Waals surface area contributed by atoms with Crippen molar-refractivity contribution in [3.8, 4) is 0 Å². The summed E-state index contributed by atoms with van der Waals surface area (Å²) in [6.45, 7) is 2.04. The van der Waals surface area contributed by atoms with Crippen LogP contribution in [0.25, 0.3) is 0 Å². The van der Waals surface area contributed by atoms with Gasteiger partial charge in [0.25, 0.3) is 0 Å². The van der Waals surface area contributed by atoms with Crippen LogP contribution >= 0.6 is 0 Å². The zero-order valence-corrected chi connectivity index (χ0v) is 8.73. The van der Waals surface area contributed by atoms with Gasteiger partial charge in [-0.3, -0.25) is 9.48 Å². The van der Waals surface area contributed by atoms with Gasteiger partial charge in [0, 0.05) is 19.2 Å². The van der Waals surface area contributed by atoms with Crippen molar-refractivity contribution in [3.05, 3.63) is 18.0 Å². The van der Waals surface area contributed by atoms with Gasteiger partial charge >= 0.3 is 0 Å². The zero-order valence-electron chi connectivity index (χ0n) is 8.73. The van der Waals surface area contributed by atoms with Gasteiger partial charge < -0.3 is 0 Å². The third-order valence-electron chi connectivity index (χ3n) is 2.96. The van der Waals surface area contributed by atoms with Crippen molar-refractivity contribution >= 4 is 5.78 Å². The van der Waals surface area contributed by atoms with E-state index >= 15 is 0 Å². The van der Waals surface area contributed by atoms with E-state index < -0.39 is 0 Å². The number of hydrogen-bond donors (Lipinski definition) is 0. The highest BCUT2D eigenvalue weighted by molar-refractivity contribution is 5.83. The molecule has 1 aliphatic rings. The van der Waals surface area contributed by atoms with Crippen molar-refractivity contribution in [1.82, 2.24) is 9.78 Å². The first-order chi connectivity index (χ1) is 6.66. The fourth-order valence-electron chi connectivity index (χ4n) is 1.76. The molecule has 1 aromatic rings. The molecule has 2 rings (SSSR count). The molecule has 0 aromatic carbocycles. The normalized spacial score (nSPS) is 18.1. The number of rotatable bonds is 4. The first-order valence-corrected chi connectivity index (χ1v) is 5.18. The van der Waals surface area contributed by atoms with E-state index in [1.54, 1.807) is 4.68 Å². The summed E-state index contributed by atoms with van der Waals surface area (Å²) in [6.07, 6.45) is 4.84. The summed E-state index contributed by atoms with van der Waals surface area (Å²) < 4.78 is 1.74. The Bertz CT molecular complexity index is 339. The zero-order chi connectivity index (χ0) is 10.1. The maximum Gasteiger partial charge on any atom is 0.141 e. The topological polar surface area (TPSA) is 34.9 Å². The molecule has 0 bridgehead atoms. The number of carbonyl (C=O) groups is 1. The molecule has 0 aliphatic heterocycles. The van der Waals surface area contributed by atoms with Crippen molar-refractivity contribution in [1.29, 1.82) is 0 Å². The molecule has 1 heterocycles. The van der Waals surface area contributed by atoms with Crippen LogP contribution in [0.1, 0.15) is 25.5 Å². The third kappa shape index (κ3) is 2.03. The van der Waals surface area contributed by atoms with Gasteiger partial charge in [-0.15, -0.1) is 0 Å². The maximum absolute atomic E-state index is 11.8. The summed E-state index contributed by atoms with van der Waals surface area (Å²) >= 11 is 0. The molecule has 1 atom stereocenters. The van der Waals surface area contributed by atoms with Crippen molar-refractivity contribution in [2.24, 2.45) is 18.9 Å². The third-order valence-corrected chi connectivity index (χ3v) is 2.96. The Kier molecular flexibility index (Phi) is 2.40. The second-order valence-corrected chi connectivity index (χ2v) is 4.25. The molecule has 1 aromatic heterocycles. The van der Waals surface area contributed by atoms with Crippen LogP contribution in [0.4, 0.5) is 0 Å². The lowest BCUT2D eigenvalue weighted by molar-refractivity contribution is -0.122. The highest BCUT2D eigenvalue weighted by atomic mass is 16.1. The lowest BCUT2D eigenvalue weighted by Gasteiger charge is -2.06. The van der Waals surface area contributed by atoms with Crippen LogP contribution in [0.5, 0.6) is 0 Å². The van der Waals surface area contributed by atoms with Gasteiger partial charge in [-0.1, -0.05) is 6.92 Å². The van der Waals surface area contributed by atoms with Gasteiger partial charge in [-0.2, -0.15) is 5.10 Å². The standard InChI is InChI=1S/C11H16N2O/c1-8(9-3-4-9)11(14)7-10-5-6-13(2)12-10/h5-6,8-9H,3-4,7H2,1-2H3. The smallest absolute Gasteiger partial charge is 0.141 e. The lowest BCUT2D eigenvalue weighted by Crippen LogP contribution is -2.15. The Labute approximate surface area is 84.1 Å². The number of nitrogens with zero attached hydrogens (tertiary/aromatic N) is 2. The molecule has 1 saturated carbocycles. The Morgan fingerprint density at radius 2 is 2.43 bits per heavy atom. The van der Waals surface area contributed by atoms with Crippen molar-refractivity contribution in [3.63, 3.8) is 0 Å². The van der Waals surface area contributed by atoms with Crippen molar-refractivity contribution < 1.29 is 4.79 Å². The molecule has 0 saturated heterocycles. The average molecular weight is 192 g/mol. The van der Waals surface area contributed by atoms with Gasteiger partial charge in [-0.05, 0) is 24.8 Å². The van der Waals surface area contributed by atoms with Crippen LogP contribution in [0.2, 0.25) is 0 Å². The number of aryl methyl sites for hydroxylation is 1. The molecule has 14 heavy (non-hydrogen) atoms. The minimum atomic E-state index is 0.233. The molecule has 3 nitrogen and oxygen atoms in total. The predicted molar refractivity (Wildman–Crippen MR) is 53.8 cm³/mol. The second kappa shape index (κ2) is 3.56. The highest BCUT2D eigenvalue weighted by Gasteiger charge is 2.32. The maximum atomic E-state index is 11.8. The quantitative estimate of drug-likeness (QED) is 0.726. The summed E-state index contributed by atoms with van der Waals surface area (Å²) in [6, 6.07) is 1.91. The first kappa shape index (κ1) is 9.44. The fraction of sp³-hybridized carbons (Fsp3) is 0.636. The van der Waals surface area contributed by atoms with Crippen LogP contribution in [0.3, 0.4) is 0 Å². The molecule has 0 N–H and O–H groups in total. The monoisotopic (exact) mass is 192 g/mol. The molecule has 1 fully saturated rings. The van der Waals surface area contributed by atoms with Gasteiger partial charge in [-0.25, -0.2) is 0 Å². The van der Waals surface area contributed by atoms with Crippen LogP contribution in [0.15, 0.2) is 12.3 Å². The van der Waals surface area contributed by atoms with Gasteiger partial charge in [0.1, 0.15) is 5.78 Å². The van der Waals surface area contributed by atoms with Crippen LogP contribution in [-0.2, 0) is 18.3 Å². The van der Waals surface area contributed by atoms with E-state index in [2.05, 4.69) is 5.10 Å². The molecular weight excluding hydrogens is 176 g/mol. The van der Waals surface area contributed by atoms with Crippen LogP contribution in [-0.4, -0.2) is 15.6 Å². The average Bonchev–Trinajstić information content (AvgIpc) is 2.91. The van der Waals surface area contributed by atoms with Gasteiger partial charge in [0.15, 0.2) is 0 Å². The second-order valence-electron chi connectivity index (χ2n) is 4.25. The van der Waals surface area contributed by atoms with Crippen molar-refractivity contribution in [2.45, 2.75) is 26.2 Å². The van der Waals surface area contributed by atoms with Gasteiger partial charge in [0.05, 0.1) is 12.1 Å². The molecule has 0 amide bonds. The Morgan fingerprint density at radius 1 is 1.71 bits per heavy atom. The number of Topliss-reactive ketones (excluding diaryl/α,β-unsaturated/α-hetero) is 1. The van der Waals surface area contributed by atoms with Crippen molar-refractivity contribution in [2.75, 3.05) is 0 Å². The summed E-state index contributed by atoms with van der Waals surface area (Å²) in [5.74, 6) is 1.23. The molecule has 0 spiro atoms. The van der Waals surface area contributed by atoms with Gasteiger partial charge in [0.2, 0.25) is 0 Å². The molecule has 1 aliphatic carbocycles. The first-order valence-electron chi connectivity index (χ1n) is 5.18. The molecule has 76 valence electrons. The Morgan fingerprint density at radius 3 is 2.93 bits per heavy atom. The summed E-state index contributed by atoms with van der Waals surface area (Å²) in [7, 11) is 1.87. The molecule has 1 unspecified atom stereocenters. The summed E-state index contributed by atoms with van der Waals surface area (Å²) in [4.78, 5) is 11.8. The Balaban J connectivity index is 1.93. The minimum Gasteiger partial charge on any atom is -0.299 e. The van der Waals surface area contributed by atoms with E-state index in [1.807, 2.05) is 26.2 Å². The molecule has 0 radical (unpaired) electrons. The predicted octanol–water partition coefficient (Wildman–Crippen LogP) is 1.58. The SMILES string of the molecule is CC(C(=O)Cc1ccn(C)n1)C1CC1. The van der Waals surface area contributed by atoms with Crippen LogP contribution < -0.4 is 0 Å². The van der Waals surface area contributed by atoms with E-state index in [1.165, 1.54) is 12.8 Å². The van der Waals surface area contributed by atoms with E-state index in [0.717, 1.165) is 5.69 Å². The number of aromatic nitrogens is 2. The number of carbonyl (C=O) groups excluding carboxylic acids is 1. The van der Waals surface area contributed by atoms with E-state index in [9.17, 15) is 4.79 Å². The summed E-state index contributed by atoms with van der Waals surface area (Å²) in [5.41, 5.74) is 0.894. The summed E-state index contributed by atoms with van der Waals surface area (Å²) in [5, 5.41) is 4.21. The van der Waals surface area contributed by atoms with E-state index in [-0.39, 0.29) is 5.92 Å². The largest absolute Gasteiger partial charge is 0.299 e. The van der Waals surface area contributed by atoms with E-state index in [4.69, 9.17) is 0 Å². The molecule has 3 heteroatoms. The van der Waals surface area contributed by atoms with Crippen LogP contribution in [0, 0.1) is 11.8 Å². The lowest BCUT2D eigenvalue weighted by atomic mass is 9.98. The Hall–Kier alpha value is -1.12. The number of hydrogen-bond acceptors (Lipinski definition) is 2. The van der Waals surface area contributed by atoms with E-state index in [0.29, 0.717) is 18.1 Å². The fourth-order valence-corrected chi connectivity index (χ4v) is 1.76. The highest BCUT2D eigenvalue weighted by Crippen LogP contribution is 2.37. The molecular formula is C11H16N2O. The number of ketones is 1. The minimum absolute atomic E-state index is 0.233.